The van der Waals surface area contributed by atoms with E-state index in [4.69, 9.17) is 0 Å². The fourth-order valence-electron chi connectivity index (χ4n) is 15.0. The lowest BCUT2D eigenvalue weighted by Crippen LogP contribution is -2.61. The van der Waals surface area contributed by atoms with Gasteiger partial charge in [0.2, 0.25) is 0 Å². The Balaban J connectivity index is 1.06. The minimum Gasteiger partial charge on any atom is -0.311 e. The van der Waals surface area contributed by atoms with Gasteiger partial charge in [-0.15, -0.1) is 0 Å². The van der Waals surface area contributed by atoms with Crippen molar-refractivity contribution in [1.82, 2.24) is 4.57 Å². The molecule has 0 bridgehead atoms. The zero-order valence-electron chi connectivity index (χ0n) is 55.2. The summed E-state index contributed by atoms with van der Waals surface area (Å²) < 4.78 is 2.59. The van der Waals surface area contributed by atoms with E-state index in [1.54, 1.807) is 0 Å². The zero-order chi connectivity index (χ0) is 63.3. The number of hydrogen-bond donors (Lipinski definition) is 0. The summed E-state index contributed by atoms with van der Waals surface area (Å²) in [4.78, 5) is 5.32. The molecular formula is C88H78BN3. The summed E-state index contributed by atoms with van der Waals surface area (Å²) in [5.74, 6) is 0. The van der Waals surface area contributed by atoms with E-state index < -0.39 is 0 Å². The number of nitrogens with zero attached hydrogens (tertiary/aromatic N) is 3. The third-order valence-corrected chi connectivity index (χ3v) is 20.1. The van der Waals surface area contributed by atoms with E-state index >= 15 is 0 Å². The Morgan fingerprint density at radius 2 is 0.707 bits per heavy atom. The van der Waals surface area contributed by atoms with Crippen LogP contribution in [0, 0.1) is 0 Å². The molecule has 3 nitrogen and oxygen atoms in total. The van der Waals surface area contributed by atoms with Crippen molar-refractivity contribution in [1.29, 1.82) is 0 Å². The lowest BCUT2D eigenvalue weighted by molar-refractivity contribution is 0.590. The van der Waals surface area contributed by atoms with Gasteiger partial charge in [0.1, 0.15) is 0 Å². The van der Waals surface area contributed by atoms with Gasteiger partial charge in [-0.2, -0.15) is 0 Å². The van der Waals surface area contributed by atoms with Crippen LogP contribution in [0.4, 0.5) is 34.1 Å². The van der Waals surface area contributed by atoms with Crippen molar-refractivity contribution in [2.75, 3.05) is 9.80 Å². The summed E-state index contributed by atoms with van der Waals surface area (Å²) in [6, 6.07) is 98.3. The molecule has 0 unspecified atom stereocenters. The van der Waals surface area contributed by atoms with E-state index in [1.807, 2.05) is 0 Å². The Morgan fingerprint density at radius 1 is 0.261 bits per heavy atom. The predicted molar refractivity (Wildman–Crippen MR) is 396 cm³/mol. The van der Waals surface area contributed by atoms with Crippen LogP contribution >= 0.6 is 0 Å². The fourth-order valence-corrected chi connectivity index (χ4v) is 15.0. The first-order valence-corrected chi connectivity index (χ1v) is 33.0. The van der Waals surface area contributed by atoms with Gasteiger partial charge in [0.15, 0.2) is 0 Å². The molecule has 0 saturated heterocycles. The maximum atomic E-state index is 2.69. The fraction of sp³-hybridized carbons (Fsp3) is 0.182. The van der Waals surface area contributed by atoms with E-state index in [9.17, 15) is 0 Å². The Kier molecular flexibility index (Phi) is 13.0. The highest BCUT2D eigenvalue weighted by Gasteiger charge is 2.47. The van der Waals surface area contributed by atoms with Crippen molar-refractivity contribution in [3.8, 4) is 72.4 Å². The smallest absolute Gasteiger partial charge is 0.252 e. The van der Waals surface area contributed by atoms with E-state index in [0.29, 0.717) is 0 Å². The summed E-state index contributed by atoms with van der Waals surface area (Å²) in [6.45, 7) is 27.6. The molecule has 0 aliphatic carbocycles. The molecule has 0 spiro atoms. The van der Waals surface area contributed by atoms with Crippen molar-refractivity contribution in [3.63, 3.8) is 0 Å². The first-order chi connectivity index (χ1) is 44.1. The van der Waals surface area contributed by atoms with Gasteiger partial charge in [-0.3, -0.25) is 0 Å². The van der Waals surface area contributed by atoms with E-state index in [2.05, 4.69) is 352 Å². The van der Waals surface area contributed by atoms with Crippen molar-refractivity contribution < 1.29 is 0 Å². The molecule has 3 aliphatic rings. The van der Waals surface area contributed by atoms with Crippen LogP contribution < -0.4 is 26.2 Å². The average Bonchev–Trinajstić information content (AvgIpc) is 1.14. The summed E-state index contributed by atoms with van der Waals surface area (Å²) >= 11 is 0. The Hall–Kier alpha value is -9.90. The molecule has 4 heterocycles. The van der Waals surface area contributed by atoms with Crippen LogP contribution in [0.1, 0.15) is 105 Å². The van der Waals surface area contributed by atoms with Gasteiger partial charge in [-0.1, -0.05) is 265 Å². The lowest BCUT2D eigenvalue weighted by atomic mass is 9.33. The minimum atomic E-state index is -0.168. The van der Waals surface area contributed by atoms with Crippen LogP contribution in [0.5, 0.6) is 0 Å². The molecule has 448 valence electrons. The maximum Gasteiger partial charge on any atom is 0.252 e. The second-order valence-corrected chi connectivity index (χ2v) is 30.3. The third-order valence-electron chi connectivity index (χ3n) is 20.1. The van der Waals surface area contributed by atoms with Crippen molar-refractivity contribution in [3.05, 3.63) is 277 Å². The van der Waals surface area contributed by atoms with Crippen molar-refractivity contribution in [2.24, 2.45) is 0 Å². The summed E-state index contributed by atoms with van der Waals surface area (Å²) in [6.07, 6.45) is 0. The first-order valence-electron chi connectivity index (χ1n) is 33.0. The first kappa shape index (κ1) is 57.3. The van der Waals surface area contributed by atoms with Gasteiger partial charge in [-0.05, 0) is 189 Å². The quantitative estimate of drug-likeness (QED) is 0.154. The van der Waals surface area contributed by atoms with Gasteiger partial charge in [0, 0.05) is 50.3 Å². The summed E-state index contributed by atoms with van der Waals surface area (Å²) in [5.41, 5.74) is 33.9. The second-order valence-electron chi connectivity index (χ2n) is 30.3. The van der Waals surface area contributed by atoms with E-state index in [0.717, 1.165) is 22.7 Å². The number of fused-ring (bicyclic) bond motifs is 12. The van der Waals surface area contributed by atoms with Crippen LogP contribution in [0.25, 0.3) is 94.3 Å². The number of anilines is 6. The Morgan fingerprint density at radius 3 is 1.27 bits per heavy atom. The number of hydrogen-bond acceptors (Lipinski definition) is 2. The van der Waals surface area contributed by atoms with Gasteiger partial charge >= 0.3 is 0 Å². The SMILES string of the molecule is CC(C)(C)c1ccc(-c2cccc(N3c4cc(-c5ccc(C(C)(C)C)cc5)ccc4B4c5cc(-c6ccccc6)cc6c5N(c5ccc(-c7ccccc7)cc5-c5ccccc5-6)c5cc(-n6c7ccc(C(C)(C)C)cc7c7cc(C(C)(C)C)ccc76)cc3c54)c2)cc1. The monoisotopic (exact) mass is 1190 g/mol. The molecule has 16 rings (SSSR count). The highest BCUT2D eigenvalue weighted by molar-refractivity contribution is 7.00. The largest absolute Gasteiger partial charge is 0.311 e. The zero-order valence-corrected chi connectivity index (χ0v) is 55.2. The lowest BCUT2D eigenvalue weighted by Gasteiger charge is -2.45. The summed E-state index contributed by atoms with van der Waals surface area (Å²) in [7, 11) is 0. The highest BCUT2D eigenvalue weighted by Crippen LogP contribution is 2.56. The predicted octanol–water partition coefficient (Wildman–Crippen LogP) is 22.4. The molecule has 0 radical (unpaired) electrons. The molecule has 3 aliphatic heterocycles. The molecule has 4 heteroatoms. The number of benzene rings is 12. The topological polar surface area (TPSA) is 11.4 Å². The molecule has 12 aromatic carbocycles. The Bertz CT molecular complexity index is 5050. The molecule has 0 N–H and O–H groups in total. The van der Waals surface area contributed by atoms with Crippen LogP contribution in [0.2, 0.25) is 0 Å². The minimum absolute atomic E-state index is 0.0227. The molecule has 0 saturated carbocycles. The standard InChI is InChI=1S/C88H78BN3/c1-85(2,3)63-36-30-57(31-37-63)59-26-21-27-67(46-59)90-80-50-61(58-32-38-64(39-33-58)86(4,5)6)34-42-75(80)89-76-49-62(56-24-17-14-18-25-56)48-74-70-29-20-19-28-69(70)71-47-60(55-22-15-13-16-23-55)35-43-79(71)92(84(74)76)82-54-68(53-81(90)83(82)89)91-77-44-40-65(87(7,8)9)51-72(77)73-52-66(88(10,11)12)41-45-78(73)91/h13-54H,1-12H3. The van der Waals surface area contributed by atoms with Gasteiger partial charge < -0.3 is 14.4 Å². The van der Waals surface area contributed by atoms with Crippen LogP contribution in [-0.2, 0) is 21.7 Å². The van der Waals surface area contributed by atoms with Gasteiger partial charge in [0.25, 0.3) is 6.71 Å². The van der Waals surface area contributed by atoms with Gasteiger partial charge in [0.05, 0.1) is 22.4 Å². The van der Waals surface area contributed by atoms with E-state index in [1.165, 1.54) is 144 Å². The maximum absolute atomic E-state index is 2.69. The molecule has 1 aromatic heterocycles. The highest BCUT2D eigenvalue weighted by atomic mass is 15.2. The third kappa shape index (κ3) is 9.39. The molecule has 92 heavy (non-hydrogen) atoms. The van der Waals surface area contributed by atoms with Crippen LogP contribution in [-0.4, -0.2) is 11.3 Å². The van der Waals surface area contributed by atoms with Gasteiger partial charge in [-0.25, -0.2) is 0 Å². The normalized spacial score (nSPS) is 13.4. The Labute approximate surface area is 544 Å². The second kappa shape index (κ2) is 20.8. The van der Waals surface area contributed by atoms with Crippen LogP contribution in [0.15, 0.2) is 255 Å². The molecule has 0 atom stereocenters. The summed E-state index contributed by atoms with van der Waals surface area (Å²) in [5, 5.41) is 2.53. The molecule has 0 amide bonds. The number of aromatic nitrogens is 1. The van der Waals surface area contributed by atoms with Crippen molar-refractivity contribution >= 4 is 79.0 Å². The van der Waals surface area contributed by atoms with Crippen molar-refractivity contribution in [2.45, 2.75) is 105 Å². The molecule has 0 fully saturated rings. The van der Waals surface area contributed by atoms with Crippen LogP contribution in [0.3, 0.4) is 0 Å². The molecular weight excluding hydrogens is 1110 g/mol. The number of rotatable bonds is 6. The average molecular weight is 1190 g/mol. The van der Waals surface area contributed by atoms with E-state index in [-0.39, 0.29) is 28.4 Å². The molecule has 13 aromatic rings.